The highest BCUT2D eigenvalue weighted by Crippen LogP contribution is 2.16. The third kappa shape index (κ3) is 3.68. The molecule has 0 fully saturated rings. The molecule has 1 aromatic carbocycles. The summed E-state index contributed by atoms with van der Waals surface area (Å²) in [5.74, 6) is 0.351. The lowest BCUT2D eigenvalue weighted by atomic mass is 10.0. The lowest BCUT2D eigenvalue weighted by Gasteiger charge is -2.05. The van der Waals surface area contributed by atoms with Crippen LogP contribution in [0.15, 0.2) is 24.3 Å². The van der Waals surface area contributed by atoms with Crippen molar-refractivity contribution in [1.29, 1.82) is 0 Å². The zero-order valence-corrected chi connectivity index (χ0v) is 9.77. The highest BCUT2D eigenvalue weighted by Gasteiger charge is 2.07. The van der Waals surface area contributed by atoms with E-state index in [0.29, 0.717) is 5.92 Å². The first-order chi connectivity index (χ1) is 6.38. The highest BCUT2D eigenvalue weighted by atomic mass is 35.7. The van der Waals surface area contributed by atoms with E-state index in [4.69, 9.17) is 10.7 Å². The third-order valence-electron chi connectivity index (χ3n) is 1.99. The number of hydrogen-bond donors (Lipinski definition) is 0. The van der Waals surface area contributed by atoms with Crippen molar-refractivity contribution in [2.45, 2.75) is 25.5 Å². The predicted molar refractivity (Wildman–Crippen MR) is 59.0 cm³/mol. The molecule has 0 atom stereocenters. The Bertz CT molecular complexity index is 393. The van der Waals surface area contributed by atoms with E-state index in [1.165, 1.54) is 5.56 Å². The van der Waals surface area contributed by atoms with Gasteiger partial charge in [-0.1, -0.05) is 38.1 Å². The van der Waals surface area contributed by atoms with Gasteiger partial charge in [0.2, 0.25) is 9.05 Å². The Kier molecular flexibility index (Phi) is 3.56. The van der Waals surface area contributed by atoms with E-state index in [0.717, 1.165) is 5.56 Å². The Morgan fingerprint density at radius 2 is 1.71 bits per heavy atom. The first-order valence-corrected chi connectivity index (χ1v) is 6.87. The molecule has 0 aliphatic carbocycles. The molecule has 1 rings (SSSR count). The van der Waals surface area contributed by atoms with Crippen LogP contribution in [0.1, 0.15) is 30.9 Å². The van der Waals surface area contributed by atoms with Gasteiger partial charge in [0.25, 0.3) is 0 Å². The van der Waals surface area contributed by atoms with Crippen LogP contribution in [0.25, 0.3) is 0 Å². The molecule has 1 aromatic rings. The summed E-state index contributed by atoms with van der Waals surface area (Å²) in [4.78, 5) is 0. The van der Waals surface area contributed by atoms with Gasteiger partial charge in [-0.15, -0.1) is 0 Å². The fraction of sp³-hybridized carbons (Fsp3) is 0.400. The van der Waals surface area contributed by atoms with E-state index in [9.17, 15) is 8.42 Å². The van der Waals surface area contributed by atoms with Crippen molar-refractivity contribution < 1.29 is 8.42 Å². The maximum absolute atomic E-state index is 10.8. The Hall–Kier alpha value is -0.540. The number of benzene rings is 1. The molecule has 4 heteroatoms. The molecule has 0 spiro atoms. The second-order valence-electron chi connectivity index (χ2n) is 3.58. The maximum Gasteiger partial charge on any atom is 0.236 e. The van der Waals surface area contributed by atoms with Crippen LogP contribution in [0.5, 0.6) is 0 Å². The fourth-order valence-electron chi connectivity index (χ4n) is 1.20. The summed E-state index contributed by atoms with van der Waals surface area (Å²) in [7, 11) is 1.70. The molecule has 14 heavy (non-hydrogen) atoms. The van der Waals surface area contributed by atoms with Crippen molar-refractivity contribution in [2.24, 2.45) is 0 Å². The topological polar surface area (TPSA) is 34.1 Å². The van der Waals surface area contributed by atoms with Crippen molar-refractivity contribution in [2.75, 3.05) is 0 Å². The van der Waals surface area contributed by atoms with Crippen LogP contribution >= 0.6 is 10.7 Å². The van der Waals surface area contributed by atoms with E-state index in [2.05, 4.69) is 13.8 Å². The van der Waals surface area contributed by atoms with Crippen LogP contribution in [-0.2, 0) is 14.8 Å². The normalized spacial score (nSPS) is 12.0. The molecular formula is C10H13ClO2S. The largest absolute Gasteiger partial charge is 0.236 e. The van der Waals surface area contributed by atoms with E-state index in [-0.39, 0.29) is 5.75 Å². The molecule has 0 radical (unpaired) electrons. The number of rotatable bonds is 3. The third-order valence-corrected chi connectivity index (χ3v) is 2.99. The Labute approximate surface area is 89.3 Å². The van der Waals surface area contributed by atoms with Crippen molar-refractivity contribution in [1.82, 2.24) is 0 Å². The first kappa shape index (κ1) is 11.5. The summed E-state index contributed by atoms with van der Waals surface area (Å²) >= 11 is 0. The van der Waals surface area contributed by atoms with Gasteiger partial charge in [-0.25, -0.2) is 8.42 Å². The van der Waals surface area contributed by atoms with Gasteiger partial charge in [0.05, 0.1) is 5.75 Å². The zero-order valence-electron chi connectivity index (χ0n) is 8.20. The molecule has 0 aliphatic rings. The molecule has 0 amide bonds. The lowest BCUT2D eigenvalue weighted by molar-refractivity contribution is 0.609. The average molecular weight is 233 g/mol. The molecule has 0 N–H and O–H groups in total. The summed E-state index contributed by atoms with van der Waals surface area (Å²) in [5.41, 5.74) is 1.92. The van der Waals surface area contributed by atoms with Crippen molar-refractivity contribution in [3.63, 3.8) is 0 Å². The van der Waals surface area contributed by atoms with Gasteiger partial charge in [0, 0.05) is 10.7 Å². The standard InChI is InChI=1S/C10H13ClO2S/c1-8(2)10-5-3-9(4-6-10)7-14(11,12)13/h3-6,8H,7H2,1-2H3. The van der Waals surface area contributed by atoms with Crippen LogP contribution in [0.3, 0.4) is 0 Å². The Morgan fingerprint density at radius 1 is 1.21 bits per heavy atom. The fourth-order valence-corrected chi connectivity index (χ4v) is 2.17. The van der Waals surface area contributed by atoms with Gasteiger partial charge in [-0.05, 0) is 17.0 Å². The van der Waals surface area contributed by atoms with E-state index < -0.39 is 9.05 Å². The van der Waals surface area contributed by atoms with Crippen molar-refractivity contribution in [3.05, 3.63) is 35.4 Å². The first-order valence-electron chi connectivity index (χ1n) is 4.39. The second kappa shape index (κ2) is 4.32. The van der Waals surface area contributed by atoms with Gasteiger partial charge in [-0.2, -0.15) is 0 Å². The molecule has 78 valence electrons. The van der Waals surface area contributed by atoms with Gasteiger partial charge < -0.3 is 0 Å². The molecular weight excluding hydrogens is 220 g/mol. The van der Waals surface area contributed by atoms with Crippen LogP contribution in [0, 0.1) is 0 Å². The molecule has 0 bridgehead atoms. The van der Waals surface area contributed by atoms with Gasteiger partial charge in [0.1, 0.15) is 0 Å². The van der Waals surface area contributed by atoms with E-state index in [1.807, 2.05) is 12.1 Å². The summed E-state index contributed by atoms with van der Waals surface area (Å²) in [6.45, 7) is 4.18. The molecule has 0 aromatic heterocycles. The van der Waals surface area contributed by atoms with Crippen molar-refractivity contribution >= 4 is 19.7 Å². The maximum atomic E-state index is 10.8. The van der Waals surface area contributed by atoms with Crippen LogP contribution in [0.4, 0.5) is 0 Å². The van der Waals surface area contributed by atoms with E-state index >= 15 is 0 Å². The second-order valence-corrected chi connectivity index (χ2v) is 6.36. The summed E-state index contributed by atoms with van der Waals surface area (Å²) in [6, 6.07) is 7.47. The van der Waals surface area contributed by atoms with Crippen LogP contribution in [-0.4, -0.2) is 8.42 Å². The SMILES string of the molecule is CC(C)c1ccc(CS(=O)(=O)Cl)cc1. The Morgan fingerprint density at radius 3 is 2.07 bits per heavy atom. The summed E-state index contributed by atoms with van der Waals surface area (Å²) < 4.78 is 21.6. The van der Waals surface area contributed by atoms with E-state index in [1.54, 1.807) is 12.1 Å². The minimum absolute atomic E-state index is 0.104. The van der Waals surface area contributed by atoms with Crippen LogP contribution in [0.2, 0.25) is 0 Å². The van der Waals surface area contributed by atoms with Gasteiger partial charge >= 0.3 is 0 Å². The zero-order chi connectivity index (χ0) is 10.8. The highest BCUT2D eigenvalue weighted by molar-refractivity contribution is 8.13. The monoisotopic (exact) mass is 232 g/mol. The number of hydrogen-bond acceptors (Lipinski definition) is 2. The molecule has 2 nitrogen and oxygen atoms in total. The summed E-state index contributed by atoms with van der Waals surface area (Å²) in [5, 5.41) is 0. The van der Waals surface area contributed by atoms with Gasteiger partial charge in [0.15, 0.2) is 0 Å². The van der Waals surface area contributed by atoms with Gasteiger partial charge in [-0.3, -0.25) is 0 Å². The summed E-state index contributed by atoms with van der Waals surface area (Å²) in [6.07, 6.45) is 0. The van der Waals surface area contributed by atoms with Crippen LogP contribution < -0.4 is 0 Å². The minimum Gasteiger partial charge on any atom is -0.212 e. The molecule has 0 aliphatic heterocycles. The molecule has 0 unspecified atom stereocenters. The lowest BCUT2D eigenvalue weighted by Crippen LogP contribution is -1.95. The molecule has 0 saturated heterocycles. The molecule has 0 heterocycles. The average Bonchev–Trinajstić information content (AvgIpc) is 2.02. The minimum atomic E-state index is -3.44. The number of halogens is 1. The smallest absolute Gasteiger partial charge is 0.212 e. The predicted octanol–water partition coefficient (Wildman–Crippen LogP) is 2.88. The molecule has 0 saturated carbocycles. The Balaban J connectivity index is 2.84. The quantitative estimate of drug-likeness (QED) is 0.751. The van der Waals surface area contributed by atoms with Crippen molar-refractivity contribution in [3.8, 4) is 0 Å².